The Morgan fingerprint density at radius 2 is 1.90 bits per heavy atom. The van der Waals surface area contributed by atoms with E-state index in [0.29, 0.717) is 5.92 Å². The molecule has 2 heterocycles. The highest BCUT2D eigenvalue weighted by molar-refractivity contribution is 6.65. The van der Waals surface area contributed by atoms with Crippen molar-refractivity contribution in [1.82, 2.24) is 9.55 Å². The molecule has 1 unspecified atom stereocenters. The lowest BCUT2D eigenvalue weighted by molar-refractivity contribution is 0.350. The molecule has 0 bridgehead atoms. The predicted octanol–water partition coefficient (Wildman–Crippen LogP) is 7.01. The lowest BCUT2D eigenvalue weighted by Crippen LogP contribution is -2.21. The number of hydrogen-bond acceptors (Lipinski definition) is 1. The van der Waals surface area contributed by atoms with Crippen molar-refractivity contribution in [2.75, 3.05) is 0 Å². The van der Waals surface area contributed by atoms with Gasteiger partial charge in [-0.2, -0.15) is 0 Å². The molecular weight excluding hydrogens is 370 g/mol. The maximum atomic E-state index is 14.2. The number of rotatable bonds is 8. The number of nitrogens with zero attached hydrogens (tertiary/aromatic N) is 2. The van der Waals surface area contributed by atoms with Crippen LogP contribution < -0.4 is 5.46 Å². The van der Waals surface area contributed by atoms with Crippen LogP contribution in [0.4, 0.5) is 4.32 Å². The monoisotopic (exact) mass is 406 g/mol. The summed E-state index contributed by atoms with van der Waals surface area (Å²) in [6.07, 6.45) is 5.01. The minimum atomic E-state index is -0.969. The molecule has 0 aliphatic rings. The van der Waals surface area contributed by atoms with Gasteiger partial charge in [0, 0.05) is 29.2 Å². The Morgan fingerprint density at radius 1 is 1.17 bits per heavy atom. The molecular formula is C26H36BFN2. The summed E-state index contributed by atoms with van der Waals surface area (Å²) in [5.74, 6) is 0.387. The zero-order chi connectivity index (χ0) is 22.1. The number of fused-ring (bicyclic) bond motifs is 1. The Hall–Kier alpha value is -2.10. The molecule has 0 fully saturated rings. The third kappa shape index (κ3) is 4.19. The van der Waals surface area contributed by atoms with Crippen LogP contribution in [0, 0.1) is 5.41 Å². The number of aromatic nitrogens is 2. The van der Waals surface area contributed by atoms with Crippen LogP contribution in [0.3, 0.4) is 0 Å². The molecule has 0 saturated heterocycles. The molecule has 3 rings (SSSR count). The van der Waals surface area contributed by atoms with E-state index in [-0.39, 0.29) is 5.41 Å². The summed E-state index contributed by atoms with van der Waals surface area (Å²) in [4.78, 5) is 4.80. The number of halogens is 1. The predicted molar refractivity (Wildman–Crippen MR) is 130 cm³/mol. The summed E-state index contributed by atoms with van der Waals surface area (Å²) >= 11 is 0. The zero-order valence-electron chi connectivity index (χ0n) is 19.7. The number of aryl methyl sites for hydroxylation is 1. The van der Waals surface area contributed by atoms with Crippen molar-refractivity contribution in [2.45, 2.75) is 80.1 Å². The van der Waals surface area contributed by atoms with Crippen LogP contribution in [0.1, 0.15) is 71.6 Å². The molecule has 0 amide bonds. The fourth-order valence-corrected chi connectivity index (χ4v) is 4.31. The van der Waals surface area contributed by atoms with Gasteiger partial charge < -0.3 is 8.88 Å². The third-order valence-electron chi connectivity index (χ3n) is 6.75. The number of pyridine rings is 1. The molecule has 0 aliphatic carbocycles. The molecule has 4 heteroatoms. The van der Waals surface area contributed by atoms with Gasteiger partial charge in [0.05, 0.1) is 11.4 Å². The first-order valence-corrected chi connectivity index (χ1v) is 11.5. The largest absolute Gasteiger partial charge is 0.377 e. The summed E-state index contributed by atoms with van der Waals surface area (Å²) in [7, 11) is 0. The fourth-order valence-electron chi connectivity index (χ4n) is 4.31. The molecule has 0 radical (unpaired) electrons. The van der Waals surface area contributed by atoms with Gasteiger partial charge >= 0.3 is 6.99 Å². The maximum absolute atomic E-state index is 14.2. The van der Waals surface area contributed by atoms with Crippen molar-refractivity contribution in [2.24, 2.45) is 5.41 Å². The van der Waals surface area contributed by atoms with Crippen LogP contribution in [0.15, 0.2) is 36.5 Å². The Balaban J connectivity index is 2.40. The van der Waals surface area contributed by atoms with E-state index in [2.05, 4.69) is 64.3 Å². The molecule has 2 nitrogen and oxygen atoms in total. The first-order chi connectivity index (χ1) is 14.2. The highest BCUT2D eigenvalue weighted by Gasteiger charge is 2.27. The normalized spacial score (nSPS) is 13.1. The van der Waals surface area contributed by atoms with E-state index >= 15 is 0 Å². The topological polar surface area (TPSA) is 17.8 Å². The van der Waals surface area contributed by atoms with Crippen LogP contribution in [0.2, 0.25) is 6.82 Å². The summed E-state index contributed by atoms with van der Waals surface area (Å²) in [6, 6.07) is 10.4. The van der Waals surface area contributed by atoms with E-state index < -0.39 is 6.99 Å². The van der Waals surface area contributed by atoms with Gasteiger partial charge in [-0.25, -0.2) is 0 Å². The van der Waals surface area contributed by atoms with Gasteiger partial charge in [0.25, 0.3) is 0 Å². The molecule has 0 saturated carbocycles. The van der Waals surface area contributed by atoms with E-state index in [0.717, 1.165) is 37.0 Å². The van der Waals surface area contributed by atoms with E-state index in [1.165, 1.54) is 27.7 Å². The van der Waals surface area contributed by atoms with Crippen LogP contribution in [0.5, 0.6) is 0 Å². The van der Waals surface area contributed by atoms with E-state index in [1.807, 2.05) is 18.3 Å². The van der Waals surface area contributed by atoms with Gasteiger partial charge in [-0.15, -0.1) is 0 Å². The molecule has 0 spiro atoms. The maximum Gasteiger partial charge on any atom is 0.377 e. The van der Waals surface area contributed by atoms with Crippen molar-refractivity contribution in [3.8, 4) is 11.3 Å². The average Bonchev–Trinajstić information content (AvgIpc) is 3.05. The molecule has 0 aliphatic heterocycles. The van der Waals surface area contributed by atoms with Gasteiger partial charge in [-0.1, -0.05) is 53.2 Å². The fraction of sp³-hybridized carbons (Fsp3) is 0.500. The minimum Gasteiger partial charge on any atom is -0.340 e. The Labute approximate surface area is 182 Å². The van der Waals surface area contributed by atoms with Crippen LogP contribution in [0.25, 0.3) is 22.2 Å². The van der Waals surface area contributed by atoms with E-state index in [9.17, 15) is 4.32 Å². The second-order valence-electron chi connectivity index (χ2n) is 9.40. The minimum absolute atomic E-state index is 0.164. The highest BCUT2D eigenvalue weighted by Crippen LogP contribution is 2.41. The Morgan fingerprint density at radius 3 is 2.50 bits per heavy atom. The molecule has 30 heavy (non-hydrogen) atoms. The van der Waals surface area contributed by atoms with Crippen molar-refractivity contribution in [1.29, 1.82) is 0 Å². The molecule has 1 aromatic carbocycles. The van der Waals surface area contributed by atoms with Crippen molar-refractivity contribution < 1.29 is 4.32 Å². The summed E-state index contributed by atoms with van der Waals surface area (Å²) in [6.45, 7) is 15.1. The van der Waals surface area contributed by atoms with Gasteiger partial charge in [-0.3, -0.25) is 4.98 Å². The summed E-state index contributed by atoms with van der Waals surface area (Å²) < 4.78 is 16.6. The highest BCUT2D eigenvalue weighted by atomic mass is 19.1. The Kier molecular flexibility index (Phi) is 6.74. The van der Waals surface area contributed by atoms with Crippen molar-refractivity contribution in [3.05, 3.63) is 47.8 Å². The van der Waals surface area contributed by atoms with Gasteiger partial charge in [-0.05, 0) is 67.1 Å². The van der Waals surface area contributed by atoms with E-state index in [1.54, 1.807) is 6.82 Å². The SMILES string of the molecule is CCC(C)c1ncccc1-c1c(CC(C)(C)CC)c2cc(B(C)F)ccc2n1CC. The molecule has 160 valence electrons. The van der Waals surface area contributed by atoms with Gasteiger partial charge in [0.1, 0.15) is 0 Å². The van der Waals surface area contributed by atoms with Crippen LogP contribution >= 0.6 is 0 Å². The van der Waals surface area contributed by atoms with Crippen molar-refractivity contribution >= 4 is 23.4 Å². The van der Waals surface area contributed by atoms with Crippen LogP contribution in [-0.4, -0.2) is 16.5 Å². The second-order valence-corrected chi connectivity index (χ2v) is 9.40. The average molecular weight is 406 g/mol. The first kappa shape index (κ1) is 22.6. The second kappa shape index (κ2) is 8.95. The quantitative estimate of drug-likeness (QED) is 0.368. The molecule has 1 atom stereocenters. The molecule has 3 aromatic rings. The van der Waals surface area contributed by atoms with Gasteiger partial charge in [0.2, 0.25) is 0 Å². The third-order valence-corrected chi connectivity index (χ3v) is 6.75. The van der Waals surface area contributed by atoms with E-state index in [4.69, 9.17) is 4.98 Å². The Bertz CT molecular complexity index is 1020. The number of benzene rings is 1. The summed E-state index contributed by atoms with van der Waals surface area (Å²) in [5.41, 5.74) is 7.09. The first-order valence-electron chi connectivity index (χ1n) is 11.5. The molecule has 0 N–H and O–H groups in total. The van der Waals surface area contributed by atoms with Gasteiger partial charge in [0.15, 0.2) is 0 Å². The lowest BCUT2D eigenvalue weighted by atomic mass is 9.67. The lowest BCUT2D eigenvalue weighted by Gasteiger charge is -2.24. The zero-order valence-corrected chi connectivity index (χ0v) is 19.7. The smallest absolute Gasteiger partial charge is 0.340 e. The number of hydrogen-bond donors (Lipinski definition) is 0. The molecule has 2 aromatic heterocycles. The summed E-state index contributed by atoms with van der Waals surface area (Å²) in [5, 5.41) is 1.19. The van der Waals surface area contributed by atoms with Crippen LogP contribution in [-0.2, 0) is 13.0 Å². The standard InChI is InChI=1S/C26H36BFN2/c1-8-18(4)24-20(12-11-15-29-24)25-22(17-26(5,6)9-2)21-16-19(27(7)28)13-14-23(21)30(25)10-3/h11-16,18H,8-10,17H2,1-7H3. The van der Waals surface area contributed by atoms with Crippen molar-refractivity contribution in [3.63, 3.8) is 0 Å².